The molecule has 1 aliphatic carbocycles. The van der Waals surface area contributed by atoms with Crippen LogP contribution >= 0.6 is 11.6 Å². The number of hydrogen-bond acceptors (Lipinski definition) is 4. The summed E-state index contributed by atoms with van der Waals surface area (Å²) in [6.45, 7) is -0.0974. The molecule has 1 amide bonds. The summed E-state index contributed by atoms with van der Waals surface area (Å²) in [6, 6.07) is 22.3. The number of rotatable bonds is 5. The van der Waals surface area contributed by atoms with Gasteiger partial charge in [-0.1, -0.05) is 66.2 Å². The number of fused-ring (bicyclic) bond motifs is 1. The van der Waals surface area contributed by atoms with E-state index in [-0.39, 0.29) is 24.6 Å². The maximum Gasteiger partial charge on any atom is 0.411 e. The molecule has 0 aliphatic heterocycles. The van der Waals surface area contributed by atoms with Crippen LogP contribution in [0.15, 0.2) is 78.9 Å². The summed E-state index contributed by atoms with van der Waals surface area (Å²) in [7, 11) is 0. The van der Waals surface area contributed by atoms with Gasteiger partial charge in [-0.3, -0.25) is 14.9 Å². The van der Waals surface area contributed by atoms with Gasteiger partial charge < -0.3 is 4.74 Å². The Balaban J connectivity index is 1.54. The number of hydrogen-bond donors (Lipinski definition) is 1. The zero-order valence-corrected chi connectivity index (χ0v) is 16.7. The fraction of sp³-hybridized carbons (Fsp3) is 0.125. The fourth-order valence-corrected chi connectivity index (χ4v) is 3.91. The van der Waals surface area contributed by atoms with Crippen LogP contribution in [0.1, 0.15) is 32.7 Å². The Morgan fingerprint density at radius 3 is 2.00 bits per heavy atom. The summed E-state index contributed by atoms with van der Waals surface area (Å²) in [4.78, 5) is 38.8. The fourth-order valence-electron chi connectivity index (χ4n) is 3.78. The van der Waals surface area contributed by atoms with Crippen molar-refractivity contribution in [2.75, 3.05) is 11.9 Å². The van der Waals surface area contributed by atoms with Gasteiger partial charge in [-0.2, -0.15) is 0 Å². The van der Waals surface area contributed by atoms with Crippen molar-refractivity contribution in [2.45, 2.75) is 11.8 Å². The van der Waals surface area contributed by atoms with Crippen molar-refractivity contribution in [1.82, 2.24) is 0 Å². The predicted molar refractivity (Wildman–Crippen MR) is 114 cm³/mol. The number of halogens is 1. The van der Waals surface area contributed by atoms with Crippen molar-refractivity contribution in [2.24, 2.45) is 0 Å². The Hall–Kier alpha value is -3.44. The van der Waals surface area contributed by atoms with E-state index < -0.39 is 11.5 Å². The SMILES string of the molecule is O=C(Nc1ccc(Cl)cc1)OCCC1(c2ccccc2)C(=O)c2ccccc2C1=O. The zero-order valence-electron chi connectivity index (χ0n) is 15.9. The summed E-state index contributed by atoms with van der Waals surface area (Å²) in [6.07, 6.45) is -0.617. The van der Waals surface area contributed by atoms with Crippen LogP contribution in [0.3, 0.4) is 0 Å². The van der Waals surface area contributed by atoms with Gasteiger partial charge in [-0.25, -0.2) is 4.79 Å². The minimum Gasteiger partial charge on any atom is -0.449 e. The highest BCUT2D eigenvalue weighted by molar-refractivity contribution is 6.33. The molecule has 5 nitrogen and oxygen atoms in total. The van der Waals surface area contributed by atoms with Crippen molar-refractivity contribution in [3.8, 4) is 0 Å². The van der Waals surface area contributed by atoms with Crippen molar-refractivity contribution >= 4 is 34.9 Å². The van der Waals surface area contributed by atoms with E-state index in [4.69, 9.17) is 16.3 Å². The average molecular weight is 420 g/mol. The Bertz CT molecular complexity index is 1070. The molecule has 0 spiro atoms. The molecule has 0 aromatic heterocycles. The second-order valence-electron chi connectivity index (χ2n) is 6.99. The highest BCUT2D eigenvalue weighted by atomic mass is 35.5. The molecule has 0 atom stereocenters. The molecule has 0 fully saturated rings. The van der Waals surface area contributed by atoms with Gasteiger partial charge in [-0.05, 0) is 29.8 Å². The molecular formula is C24H18ClNO4. The molecule has 0 heterocycles. The lowest BCUT2D eigenvalue weighted by molar-refractivity contribution is 0.0745. The summed E-state index contributed by atoms with van der Waals surface area (Å²) in [5.74, 6) is -0.535. The second kappa shape index (κ2) is 8.13. The van der Waals surface area contributed by atoms with Crippen LogP contribution in [0, 0.1) is 0 Å². The highest BCUT2D eigenvalue weighted by Crippen LogP contribution is 2.42. The molecule has 0 saturated heterocycles. The molecule has 6 heteroatoms. The molecule has 0 saturated carbocycles. The number of Topliss-reactive ketones (excluding diaryl/α,β-unsaturated/α-hetero) is 2. The summed E-state index contributed by atoms with van der Waals surface area (Å²) < 4.78 is 5.29. The maximum atomic E-state index is 13.3. The number of benzene rings is 3. The Kier molecular flexibility index (Phi) is 5.38. The molecule has 0 bridgehead atoms. The van der Waals surface area contributed by atoms with Crippen LogP contribution in [0.4, 0.5) is 10.5 Å². The van der Waals surface area contributed by atoms with E-state index in [1.54, 1.807) is 72.8 Å². The molecule has 0 unspecified atom stereocenters. The molecule has 1 aliphatic rings. The minimum atomic E-state index is -1.40. The molecule has 0 radical (unpaired) electrons. The van der Waals surface area contributed by atoms with Crippen LogP contribution in [0.2, 0.25) is 5.02 Å². The standard InChI is InChI=1S/C24H18ClNO4/c25-17-10-12-18(13-11-17)26-23(29)30-15-14-24(16-6-2-1-3-7-16)21(27)19-8-4-5-9-20(19)22(24)28/h1-13H,14-15H2,(H,26,29). The third-order valence-electron chi connectivity index (χ3n) is 5.26. The van der Waals surface area contributed by atoms with E-state index in [0.717, 1.165) is 0 Å². The first-order chi connectivity index (χ1) is 14.5. The number of carbonyl (C=O) groups is 3. The number of nitrogens with one attached hydrogen (secondary N) is 1. The van der Waals surface area contributed by atoms with Gasteiger partial charge in [0.05, 0.1) is 6.61 Å². The summed E-state index contributed by atoms with van der Waals surface area (Å²) in [5.41, 5.74) is 0.528. The van der Waals surface area contributed by atoms with Crippen molar-refractivity contribution in [3.63, 3.8) is 0 Å². The molecule has 30 heavy (non-hydrogen) atoms. The lowest BCUT2D eigenvalue weighted by atomic mass is 9.73. The third-order valence-corrected chi connectivity index (χ3v) is 5.51. The van der Waals surface area contributed by atoms with E-state index >= 15 is 0 Å². The predicted octanol–water partition coefficient (Wildman–Crippen LogP) is 5.30. The monoisotopic (exact) mass is 419 g/mol. The van der Waals surface area contributed by atoms with Crippen molar-refractivity contribution in [3.05, 3.63) is 101 Å². The molecule has 150 valence electrons. The number of amides is 1. The number of ketones is 2. The molecule has 4 rings (SSSR count). The number of ether oxygens (including phenoxy) is 1. The molecule has 3 aromatic carbocycles. The molecule has 3 aromatic rings. The summed E-state index contributed by atoms with van der Waals surface area (Å²) >= 11 is 5.84. The lowest BCUT2D eigenvalue weighted by Gasteiger charge is -2.26. The van der Waals surface area contributed by atoms with Crippen LogP contribution in [-0.4, -0.2) is 24.3 Å². The van der Waals surface area contributed by atoms with Crippen LogP contribution in [0.25, 0.3) is 0 Å². The van der Waals surface area contributed by atoms with Gasteiger partial charge in [0.1, 0.15) is 5.41 Å². The quantitative estimate of drug-likeness (QED) is 0.570. The normalized spacial score (nSPS) is 14.3. The van der Waals surface area contributed by atoms with Gasteiger partial charge in [0.2, 0.25) is 0 Å². The highest BCUT2D eigenvalue weighted by Gasteiger charge is 2.53. The first-order valence-electron chi connectivity index (χ1n) is 9.46. The van der Waals surface area contributed by atoms with Crippen LogP contribution < -0.4 is 5.32 Å². The zero-order chi connectivity index (χ0) is 21.1. The van der Waals surface area contributed by atoms with Crippen molar-refractivity contribution in [1.29, 1.82) is 0 Å². The smallest absolute Gasteiger partial charge is 0.411 e. The number of anilines is 1. The van der Waals surface area contributed by atoms with Gasteiger partial charge >= 0.3 is 6.09 Å². The molecule has 1 N–H and O–H groups in total. The minimum absolute atomic E-state index is 0.0530. The Morgan fingerprint density at radius 1 is 0.833 bits per heavy atom. The topological polar surface area (TPSA) is 72.5 Å². The van der Waals surface area contributed by atoms with E-state index in [9.17, 15) is 14.4 Å². The van der Waals surface area contributed by atoms with Crippen LogP contribution in [-0.2, 0) is 10.2 Å². The third kappa shape index (κ3) is 3.48. The number of carbonyl (C=O) groups excluding carboxylic acids is 3. The van der Waals surface area contributed by atoms with E-state index in [2.05, 4.69) is 5.32 Å². The van der Waals surface area contributed by atoms with Gasteiger partial charge in [0.15, 0.2) is 11.6 Å². The Labute approximate surface area is 178 Å². The lowest BCUT2D eigenvalue weighted by Crippen LogP contribution is -2.40. The van der Waals surface area contributed by atoms with Gasteiger partial charge in [0.25, 0.3) is 0 Å². The van der Waals surface area contributed by atoms with Gasteiger partial charge in [0, 0.05) is 28.3 Å². The average Bonchev–Trinajstić information content (AvgIpc) is 2.99. The van der Waals surface area contributed by atoms with Gasteiger partial charge in [-0.15, -0.1) is 0 Å². The second-order valence-corrected chi connectivity index (χ2v) is 7.43. The largest absolute Gasteiger partial charge is 0.449 e. The van der Waals surface area contributed by atoms with E-state index in [1.807, 2.05) is 6.07 Å². The Morgan fingerprint density at radius 2 is 1.40 bits per heavy atom. The van der Waals surface area contributed by atoms with E-state index in [0.29, 0.717) is 27.4 Å². The molecular weight excluding hydrogens is 402 g/mol. The summed E-state index contributed by atoms with van der Waals surface area (Å²) in [5, 5.41) is 3.15. The first-order valence-corrected chi connectivity index (χ1v) is 9.84. The first kappa shape index (κ1) is 19.9. The van der Waals surface area contributed by atoms with Crippen LogP contribution in [0.5, 0.6) is 0 Å². The van der Waals surface area contributed by atoms with E-state index in [1.165, 1.54) is 0 Å². The maximum absolute atomic E-state index is 13.3. The van der Waals surface area contributed by atoms with Crippen molar-refractivity contribution < 1.29 is 19.1 Å².